The molecular weight excluding hydrogens is 288 g/mol. The molecule has 0 radical (unpaired) electrons. The normalized spacial score (nSPS) is 31.9. The minimum Gasteiger partial charge on any atom is -0.326 e. The van der Waals surface area contributed by atoms with Gasteiger partial charge in [0.2, 0.25) is 12.2 Å². The summed E-state index contributed by atoms with van der Waals surface area (Å²) in [6.07, 6.45) is 5.02. The number of guanidine groups is 1. The standard InChI is InChI=1S/C15H13ClN4O/c16-10-2-1-3-11(7-10)20-14(21)13-9-4-5-12(6-9)19(13)15(20)18-8-17/h1-3,7,9,12-13H,4-6H2/b18-15-/t9?,12?,13-/m1/s1. The van der Waals surface area contributed by atoms with Crippen molar-refractivity contribution in [2.75, 3.05) is 4.90 Å². The number of hydrogen-bond donors (Lipinski definition) is 0. The SMILES string of the molecule is N#C/N=C1\N(c2cccc(Cl)c2)C(=O)[C@H]2C3CCC(C3)N12. The quantitative estimate of drug-likeness (QED) is 0.748. The van der Waals surface area contributed by atoms with Gasteiger partial charge in [0.25, 0.3) is 5.91 Å². The van der Waals surface area contributed by atoms with Crippen molar-refractivity contribution in [2.24, 2.45) is 10.9 Å². The van der Waals surface area contributed by atoms with E-state index in [2.05, 4.69) is 4.99 Å². The molecule has 0 spiro atoms. The molecule has 21 heavy (non-hydrogen) atoms. The van der Waals surface area contributed by atoms with Gasteiger partial charge >= 0.3 is 0 Å². The van der Waals surface area contributed by atoms with Crippen LogP contribution in [-0.4, -0.2) is 28.9 Å². The van der Waals surface area contributed by atoms with Gasteiger partial charge in [-0.25, -0.2) is 4.90 Å². The van der Waals surface area contributed by atoms with Gasteiger partial charge in [0.1, 0.15) is 6.04 Å². The Bertz CT molecular complexity index is 695. The van der Waals surface area contributed by atoms with Crippen molar-refractivity contribution in [3.63, 3.8) is 0 Å². The molecule has 3 atom stereocenters. The summed E-state index contributed by atoms with van der Waals surface area (Å²) in [7, 11) is 0. The zero-order valence-electron chi connectivity index (χ0n) is 11.2. The molecule has 1 saturated carbocycles. The zero-order chi connectivity index (χ0) is 14.6. The number of nitrogens with zero attached hydrogens (tertiary/aromatic N) is 4. The summed E-state index contributed by atoms with van der Waals surface area (Å²) in [6.45, 7) is 0. The van der Waals surface area contributed by atoms with E-state index in [-0.39, 0.29) is 11.9 Å². The lowest BCUT2D eigenvalue weighted by Crippen LogP contribution is -2.41. The van der Waals surface area contributed by atoms with Crippen molar-refractivity contribution >= 4 is 29.2 Å². The largest absolute Gasteiger partial charge is 0.326 e. The molecule has 0 N–H and O–H groups in total. The van der Waals surface area contributed by atoms with Crippen LogP contribution in [0.2, 0.25) is 5.02 Å². The summed E-state index contributed by atoms with van der Waals surface area (Å²) in [4.78, 5) is 20.3. The highest BCUT2D eigenvalue weighted by Gasteiger charge is 2.58. The van der Waals surface area contributed by atoms with Crippen molar-refractivity contribution in [3.05, 3.63) is 29.3 Å². The number of fused-ring (bicyclic) bond motifs is 5. The van der Waals surface area contributed by atoms with Crippen LogP contribution >= 0.6 is 11.6 Å². The lowest BCUT2D eigenvalue weighted by atomic mass is 9.99. The number of hydrogen-bond acceptors (Lipinski definition) is 3. The van der Waals surface area contributed by atoms with E-state index in [0.29, 0.717) is 28.6 Å². The first kappa shape index (κ1) is 12.7. The average molecular weight is 301 g/mol. The molecule has 3 fully saturated rings. The minimum atomic E-state index is -0.158. The van der Waals surface area contributed by atoms with Gasteiger partial charge in [0.15, 0.2) is 0 Å². The molecule has 2 unspecified atom stereocenters. The van der Waals surface area contributed by atoms with E-state index >= 15 is 0 Å². The smallest absolute Gasteiger partial charge is 0.257 e. The van der Waals surface area contributed by atoms with Gasteiger partial charge in [0, 0.05) is 11.1 Å². The van der Waals surface area contributed by atoms with E-state index in [1.165, 1.54) is 0 Å². The summed E-state index contributed by atoms with van der Waals surface area (Å²) >= 11 is 6.03. The molecule has 2 saturated heterocycles. The molecule has 2 aliphatic heterocycles. The van der Waals surface area contributed by atoms with Gasteiger partial charge in [-0.2, -0.15) is 5.26 Å². The van der Waals surface area contributed by atoms with Crippen LogP contribution in [0.3, 0.4) is 0 Å². The summed E-state index contributed by atoms with van der Waals surface area (Å²) in [5.41, 5.74) is 0.676. The third kappa shape index (κ3) is 1.69. The maximum atomic E-state index is 12.8. The van der Waals surface area contributed by atoms with Crippen LogP contribution in [0.5, 0.6) is 0 Å². The fraction of sp³-hybridized carbons (Fsp3) is 0.400. The van der Waals surface area contributed by atoms with E-state index in [9.17, 15) is 4.79 Å². The average Bonchev–Trinajstić information content (AvgIpc) is 3.13. The molecule has 5 nitrogen and oxygen atoms in total. The fourth-order valence-corrected chi connectivity index (χ4v) is 4.13. The Hall–Kier alpha value is -2.06. The maximum Gasteiger partial charge on any atom is 0.257 e. The van der Waals surface area contributed by atoms with E-state index in [1.54, 1.807) is 23.1 Å². The van der Waals surface area contributed by atoms with Crippen LogP contribution < -0.4 is 4.90 Å². The van der Waals surface area contributed by atoms with Crippen LogP contribution in [0.1, 0.15) is 19.3 Å². The summed E-state index contributed by atoms with van der Waals surface area (Å²) < 4.78 is 0. The first-order valence-corrected chi connectivity index (χ1v) is 7.43. The molecule has 1 aromatic carbocycles. The molecule has 0 aromatic heterocycles. The highest BCUT2D eigenvalue weighted by Crippen LogP contribution is 2.47. The van der Waals surface area contributed by atoms with Gasteiger partial charge in [-0.1, -0.05) is 17.7 Å². The maximum absolute atomic E-state index is 12.8. The van der Waals surface area contributed by atoms with Gasteiger partial charge < -0.3 is 4.90 Å². The second-order valence-electron chi connectivity index (χ2n) is 5.74. The number of benzene rings is 1. The Morgan fingerprint density at radius 2 is 2.24 bits per heavy atom. The van der Waals surface area contributed by atoms with E-state index in [0.717, 1.165) is 19.3 Å². The van der Waals surface area contributed by atoms with Crippen molar-refractivity contribution in [1.29, 1.82) is 5.26 Å². The number of rotatable bonds is 1. The Morgan fingerprint density at radius 1 is 1.38 bits per heavy atom. The lowest BCUT2D eigenvalue weighted by Gasteiger charge is -2.28. The fourth-order valence-electron chi connectivity index (χ4n) is 3.95. The third-order valence-corrected chi connectivity index (χ3v) is 4.94. The number of anilines is 1. The Balaban J connectivity index is 1.82. The number of aliphatic imine (C=N–C) groups is 1. The third-order valence-electron chi connectivity index (χ3n) is 4.71. The first-order chi connectivity index (χ1) is 10.2. The first-order valence-electron chi connectivity index (χ1n) is 7.05. The molecule has 6 heteroatoms. The second-order valence-corrected chi connectivity index (χ2v) is 6.18. The Kier molecular flexibility index (Phi) is 2.69. The summed E-state index contributed by atoms with van der Waals surface area (Å²) in [6, 6.07) is 7.29. The van der Waals surface area contributed by atoms with Crippen molar-refractivity contribution in [2.45, 2.75) is 31.3 Å². The number of piperidine rings is 1. The van der Waals surface area contributed by atoms with Crippen molar-refractivity contribution < 1.29 is 4.79 Å². The summed E-state index contributed by atoms with van der Waals surface area (Å²) in [5.74, 6) is 0.857. The van der Waals surface area contributed by atoms with Gasteiger partial charge in [-0.15, -0.1) is 4.99 Å². The van der Waals surface area contributed by atoms with Crippen LogP contribution in [0.4, 0.5) is 5.69 Å². The molecule has 3 aliphatic rings. The molecule has 106 valence electrons. The molecule has 1 amide bonds. The monoisotopic (exact) mass is 300 g/mol. The van der Waals surface area contributed by atoms with Crippen LogP contribution in [0.15, 0.2) is 29.3 Å². The Labute approximate surface area is 127 Å². The van der Waals surface area contributed by atoms with E-state index in [1.807, 2.05) is 17.2 Å². The highest BCUT2D eigenvalue weighted by molar-refractivity contribution is 6.31. The second kappa shape index (κ2) is 4.47. The predicted octanol–water partition coefficient (Wildman–Crippen LogP) is 2.38. The zero-order valence-corrected chi connectivity index (χ0v) is 12.0. The van der Waals surface area contributed by atoms with E-state index in [4.69, 9.17) is 16.9 Å². The Morgan fingerprint density at radius 3 is 3.00 bits per heavy atom. The van der Waals surface area contributed by atoms with E-state index < -0.39 is 0 Å². The number of halogens is 1. The van der Waals surface area contributed by atoms with Gasteiger partial charge in [-0.05, 0) is 43.4 Å². The predicted molar refractivity (Wildman–Crippen MR) is 78.7 cm³/mol. The molecule has 1 aromatic rings. The minimum absolute atomic E-state index is 0.0125. The molecule has 4 rings (SSSR count). The lowest BCUT2D eigenvalue weighted by molar-refractivity contribution is -0.120. The van der Waals surface area contributed by atoms with Gasteiger partial charge in [-0.3, -0.25) is 4.79 Å². The molecule has 1 aliphatic carbocycles. The van der Waals surface area contributed by atoms with Crippen molar-refractivity contribution in [3.8, 4) is 6.19 Å². The van der Waals surface area contributed by atoms with Crippen LogP contribution in [0.25, 0.3) is 0 Å². The topological polar surface area (TPSA) is 59.7 Å². The molecular formula is C15H13ClN4O. The summed E-state index contributed by atoms with van der Waals surface area (Å²) in [5, 5.41) is 9.56. The number of carbonyl (C=O) groups is 1. The van der Waals surface area contributed by atoms with Crippen LogP contribution in [-0.2, 0) is 4.79 Å². The van der Waals surface area contributed by atoms with Gasteiger partial charge in [0.05, 0.1) is 5.69 Å². The number of amides is 1. The number of carbonyl (C=O) groups excluding carboxylic acids is 1. The molecule has 2 bridgehead atoms. The molecule has 2 heterocycles. The highest BCUT2D eigenvalue weighted by atomic mass is 35.5. The van der Waals surface area contributed by atoms with Crippen LogP contribution in [0, 0.1) is 17.4 Å². The number of nitriles is 1. The van der Waals surface area contributed by atoms with Crippen molar-refractivity contribution in [1.82, 2.24) is 4.90 Å².